The number of aldehydes is 2. The molecular formula is C26H20O4. The second-order valence-electron chi connectivity index (χ2n) is 6.90. The van der Waals surface area contributed by atoms with Crippen LogP contribution < -0.4 is 9.47 Å². The van der Waals surface area contributed by atoms with Gasteiger partial charge in [0.15, 0.2) is 12.6 Å². The van der Waals surface area contributed by atoms with Gasteiger partial charge in [0.1, 0.15) is 24.7 Å². The van der Waals surface area contributed by atoms with E-state index in [1.54, 1.807) is 24.3 Å². The molecular weight excluding hydrogens is 376 g/mol. The first-order valence-electron chi connectivity index (χ1n) is 9.62. The van der Waals surface area contributed by atoms with Gasteiger partial charge in [-0.1, -0.05) is 48.5 Å². The van der Waals surface area contributed by atoms with Gasteiger partial charge in [-0.3, -0.25) is 9.59 Å². The van der Waals surface area contributed by atoms with Gasteiger partial charge in [0.2, 0.25) is 0 Å². The first kappa shape index (κ1) is 19.4. The van der Waals surface area contributed by atoms with Gasteiger partial charge in [0.05, 0.1) is 11.1 Å². The quantitative estimate of drug-likeness (QED) is 0.363. The fourth-order valence-electron chi connectivity index (χ4n) is 3.27. The van der Waals surface area contributed by atoms with Crippen LogP contribution in [0.25, 0.3) is 10.8 Å². The highest BCUT2D eigenvalue weighted by Gasteiger charge is 2.05. The van der Waals surface area contributed by atoms with Gasteiger partial charge in [-0.15, -0.1) is 0 Å². The molecule has 0 N–H and O–H groups in total. The normalized spacial score (nSPS) is 10.5. The molecule has 4 nitrogen and oxygen atoms in total. The van der Waals surface area contributed by atoms with Crippen molar-refractivity contribution in [3.05, 3.63) is 107 Å². The molecule has 4 aromatic rings. The van der Waals surface area contributed by atoms with Gasteiger partial charge in [-0.25, -0.2) is 0 Å². The Bertz CT molecular complexity index is 1100. The fraction of sp³-hybridized carbons (Fsp3) is 0.0769. The second kappa shape index (κ2) is 9.05. The standard InChI is InChI=1S/C26H20O4/c27-15-23-5-1-3-7-25(23)29-17-19-9-11-22-14-20(10-12-21(22)13-19)18-30-26-8-4-2-6-24(26)16-28/h1-16H,17-18H2. The molecule has 4 rings (SSSR count). The summed E-state index contributed by atoms with van der Waals surface area (Å²) in [5, 5.41) is 2.19. The van der Waals surface area contributed by atoms with Crippen molar-refractivity contribution in [2.75, 3.05) is 0 Å². The summed E-state index contributed by atoms with van der Waals surface area (Å²) in [6.45, 7) is 0.766. The van der Waals surface area contributed by atoms with Crippen LogP contribution in [-0.4, -0.2) is 12.6 Å². The molecule has 0 saturated heterocycles. The van der Waals surface area contributed by atoms with E-state index in [1.165, 1.54) is 0 Å². The van der Waals surface area contributed by atoms with Crippen LogP contribution in [0.15, 0.2) is 84.9 Å². The molecule has 0 fully saturated rings. The van der Waals surface area contributed by atoms with E-state index in [-0.39, 0.29) is 0 Å². The number of hydrogen-bond acceptors (Lipinski definition) is 4. The third-order valence-corrected chi connectivity index (χ3v) is 4.85. The summed E-state index contributed by atoms with van der Waals surface area (Å²) in [6.07, 6.45) is 1.60. The largest absolute Gasteiger partial charge is 0.488 e. The fourth-order valence-corrected chi connectivity index (χ4v) is 3.27. The van der Waals surface area contributed by atoms with Gasteiger partial charge in [-0.2, -0.15) is 0 Å². The molecule has 0 saturated carbocycles. The number of carbonyl (C=O) groups excluding carboxylic acids is 2. The van der Waals surface area contributed by atoms with E-state index < -0.39 is 0 Å². The van der Waals surface area contributed by atoms with Gasteiger partial charge >= 0.3 is 0 Å². The van der Waals surface area contributed by atoms with Crippen LogP contribution in [0.2, 0.25) is 0 Å². The first-order chi connectivity index (χ1) is 14.8. The van der Waals surface area contributed by atoms with E-state index in [2.05, 4.69) is 12.1 Å². The van der Waals surface area contributed by atoms with E-state index in [9.17, 15) is 9.59 Å². The smallest absolute Gasteiger partial charge is 0.153 e. The van der Waals surface area contributed by atoms with Gasteiger partial charge < -0.3 is 9.47 Å². The van der Waals surface area contributed by atoms with E-state index in [0.717, 1.165) is 34.5 Å². The Kier molecular flexibility index (Phi) is 5.85. The highest BCUT2D eigenvalue weighted by atomic mass is 16.5. The molecule has 0 bridgehead atoms. The summed E-state index contributed by atoms with van der Waals surface area (Å²) >= 11 is 0. The SMILES string of the molecule is O=Cc1ccccc1OCc1ccc2cc(COc3ccccc3C=O)ccc2c1. The molecule has 0 radical (unpaired) electrons. The lowest BCUT2D eigenvalue weighted by atomic mass is 10.0. The Balaban J connectivity index is 1.45. The van der Waals surface area contributed by atoms with E-state index in [0.29, 0.717) is 35.8 Å². The molecule has 148 valence electrons. The highest BCUT2D eigenvalue weighted by Crippen LogP contribution is 2.23. The van der Waals surface area contributed by atoms with Gasteiger partial charge in [0, 0.05) is 0 Å². The number of benzene rings is 4. The predicted molar refractivity (Wildman–Crippen MR) is 116 cm³/mol. The molecule has 4 aromatic carbocycles. The molecule has 0 aromatic heterocycles. The zero-order chi connectivity index (χ0) is 20.8. The summed E-state index contributed by atoms with van der Waals surface area (Å²) in [6, 6.07) is 26.6. The molecule has 4 heteroatoms. The molecule has 0 atom stereocenters. The average molecular weight is 396 g/mol. The monoisotopic (exact) mass is 396 g/mol. The van der Waals surface area contributed by atoms with Gasteiger partial charge in [0.25, 0.3) is 0 Å². The third-order valence-electron chi connectivity index (χ3n) is 4.85. The lowest BCUT2D eigenvalue weighted by molar-refractivity contribution is 0.111. The maximum absolute atomic E-state index is 11.1. The van der Waals surface area contributed by atoms with Crippen molar-refractivity contribution in [2.45, 2.75) is 13.2 Å². The van der Waals surface area contributed by atoms with E-state index in [4.69, 9.17) is 9.47 Å². The van der Waals surface area contributed by atoms with Crippen LogP contribution in [0.1, 0.15) is 31.8 Å². The summed E-state index contributed by atoms with van der Waals surface area (Å²) in [5.41, 5.74) is 3.12. The Labute approximate surface area is 174 Å². The Hall–Kier alpha value is -3.92. The average Bonchev–Trinajstić information content (AvgIpc) is 2.81. The van der Waals surface area contributed by atoms with Crippen molar-refractivity contribution < 1.29 is 19.1 Å². The number of carbonyl (C=O) groups is 2. The van der Waals surface area contributed by atoms with Crippen LogP contribution in [0.4, 0.5) is 0 Å². The van der Waals surface area contributed by atoms with E-state index in [1.807, 2.05) is 48.5 Å². The molecule has 0 aliphatic carbocycles. The van der Waals surface area contributed by atoms with Crippen molar-refractivity contribution in [2.24, 2.45) is 0 Å². The molecule has 0 aliphatic rings. The summed E-state index contributed by atoms with van der Waals surface area (Å²) in [4.78, 5) is 22.2. The Morgan fingerprint density at radius 3 is 1.43 bits per heavy atom. The summed E-state index contributed by atoms with van der Waals surface area (Å²) < 4.78 is 11.6. The Morgan fingerprint density at radius 2 is 1.00 bits per heavy atom. The zero-order valence-corrected chi connectivity index (χ0v) is 16.3. The minimum absolute atomic E-state index is 0.383. The lowest BCUT2D eigenvalue weighted by Gasteiger charge is -2.11. The molecule has 0 aliphatic heterocycles. The maximum Gasteiger partial charge on any atom is 0.153 e. The van der Waals surface area contributed by atoms with Crippen LogP contribution in [0.3, 0.4) is 0 Å². The molecule has 0 spiro atoms. The predicted octanol–water partition coefficient (Wildman–Crippen LogP) is 5.62. The van der Waals surface area contributed by atoms with Crippen LogP contribution in [0.5, 0.6) is 11.5 Å². The second-order valence-corrected chi connectivity index (χ2v) is 6.90. The minimum atomic E-state index is 0.383. The maximum atomic E-state index is 11.1. The molecule has 0 heterocycles. The van der Waals surface area contributed by atoms with Crippen molar-refractivity contribution in [3.8, 4) is 11.5 Å². The van der Waals surface area contributed by atoms with Crippen LogP contribution >= 0.6 is 0 Å². The number of hydrogen-bond donors (Lipinski definition) is 0. The number of ether oxygens (including phenoxy) is 2. The van der Waals surface area contributed by atoms with Crippen molar-refractivity contribution in [1.82, 2.24) is 0 Å². The van der Waals surface area contributed by atoms with Crippen molar-refractivity contribution in [1.29, 1.82) is 0 Å². The van der Waals surface area contributed by atoms with Crippen LogP contribution in [0, 0.1) is 0 Å². The molecule has 0 unspecified atom stereocenters. The zero-order valence-electron chi connectivity index (χ0n) is 16.3. The molecule has 30 heavy (non-hydrogen) atoms. The summed E-state index contributed by atoms with van der Waals surface area (Å²) in [7, 11) is 0. The lowest BCUT2D eigenvalue weighted by Crippen LogP contribution is -1.99. The summed E-state index contributed by atoms with van der Waals surface area (Å²) in [5.74, 6) is 1.16. The highest BCUT2D eigenvalue weighted by molar-refractivity contribution is 5.84. The number of para-hydroxylation sites is 2. The van der Waals surface area contributed by atoms with E-state index >= 15 is 0 Å². The van der Waals surface area contributed by atoms with Crippen molar-refractivity contribution in [3.63, 3.8) is 0 Å². The van der Waals surface area contributed by atoms with Gasteiger partial charge in [-0.05, 0) is 58.3 Å². The third kappa shape index (κ3) is 4.39. The minimum Gasteiger partial charge on any atom is -0.488 e. The van der Waals surface area contributed by atoms with Crippen molar-refractivity contribution >= 4 is 23.3 Å². The first-order valence-corrected chi connectivity index (χ1v) is 9.62. The number of rotatable bonds is 8. The topological polar surface area (TPSA) is 52.6 Å². The van der Waals surface area contributed by atoms with Crippen LogP contribution in [-0.2, 0) is 13.2 Å². The Morgan fingerprint density at radius 1 is 0.567 bits per heavy atom. The molecule has 0 amide bonds. The number of fused-ring (bicyclic) bond motifs is 1.